The zero-order valence-corrected chi connectivity index (χ0v) is 12.0. The van der Waals surface area contributed by atoms with E-state index in [1.54, 1.807) is 0 Å². The monoisotopic (exact) mass is 288 g/mol. The van der Waals surface area contributed by atoms with Crippen LogP contribution < -0.4 is 15.2 Å². The number of benzene rings is 1. The molecule has 1 saturated heterocycles. The molecule has 4 rings (SSSR count). The number of β-lactam (4-membered cyclic amide) rings is 1. The third-order valence-corrected chi connectivity index (χ3v) is 4.89. The third kappa shape index (κ3) is 1.99. The second kappa shape index (κ2) is 4.91. The third-order valence-electron chi connectivity index (χ3n) is 4.89. The van der Waals surface area contributed by atoms with E-state index in [1.807, 2.05) is 23.1 Å². The predicted molar refractivity (Wildman–Crippen MR) is 77.0 cm³/mol. The molecule has 5 heteroatoms. The summed E-state index contributed by atoms with van der Waals surface area (Å²) in [7, 11) is 0. The Hall–Kier alpha value is -1.75. The van der Waals surface area contributed by atoms with E-state index < -0.39 is 6.04 Å². The number of carbonyl (C=O) groups excluding carboxylic acids is 1. The summed E-state index contributed by atoms with van der Waals surface area (Å²) in [6.07, 6.45) is 5.88. The molecule has 1 amide bonds. The van der Waals surface area contributed by atoms with Crippen LogP contribution in [-0.2, 0) is 4.79 Å². The van der Waals surface area contributed by atoms with Crippen LogP contribution in [0.4, 0.5) is 0 Å². The van der Waals surface area contributed by atoms with Crippen molar-refractivity contribution in [3.05, 3.63) is 23.8 Å². The van der Waals surface area contributed by atoms with E-state index in [9.17, 15) is 4.79 Å². The minimum atomic E-state index is -0.424. The second-order valence-corrected chi connectivity index (χ2v) is 6.12. The molecule has 1 aromatic carbocycles. The van der Waals surface area contributed by atoms with Gasteiger partial charge in [0.15, 0.2) is 11.5 Å². The van der Waals surface area contributed by atoms with Gasteiger partial charge >= 0.3 is 0 Å². The number of likely N-dealkylation sites (tertiary alicyclic amines) is 1. The van der Waals surface area contributed by atoms with E-state index >= 15 is 0 Å². The van der Waals surface area contributed by atoms with Gasteiger partial charge in [0.25, 0.3) is 0 Å². The minimum absolute atomic E-state index is 0.0184. The zero-order valence-electron chi connectivity index (χ0n) is 12.0. The molecule has 0 unspecified atom stereocenters. The Morgan fingerprint density at radius 1 is 1.10 bits per heavy atom. The molecule has 1 saturated carbocycles. The largest absolute Gasteiger partial charge is 0.454 e. The van der Waals surface area contributed by atoms with E-state index in [0.29, 0.717) is 6.04 Å². The molecule has 2 fully saturated rings. The van der Waals surface area contributed by atoms with Gasteiger partial charge in [-0.15, -0.1) is 0 Å². The van der Waals surface area contributed by atoms with Gasteiger partial charge in [0, 0.05) is 6.04 Å². The van der Waals surface area contributed by atoms with Crippen molar-refractivity contribution >= 4 is 5.91 Å². The smallest absolute Gasteiger partial charge is 0.242 e. The lowest BCUT2D eigenvalue weighted by atomic mass is 9.83. The summed E-state index contributed by atoms with van der Waals surface area (Å²) in [5.74, 6) is 1.61. The average molecular weight is 288 g/mol. The van der Waals surface area contributed by atoms with Crippen LogP contribution in [-0.4, -0.2) is 29.7 Å². The van der Waals surface area contributed by atoms with Crippen molar-refractivity contribution in [3.8, 4) is 11.5 Å². The zero-order chi connectivity index (χ0) is 14.4. The van der Waals surface area contributed by atoms with Crippen LogP contribution in [0.2, 0.25) is 0 Å². The number of ether oxygens (including phenoxy) is 2. The summed E-state index contributed by atoms with van der Waals surface area (Å²) in [6, 6.07) is 5.78. The fourth-order valence-electron chi connectivity index (χ4n) is 3.77. The molecule has 21 heavy (non-hydrogen) atoms. The fraction of sp³-hybridized carbons (Fsp3) is 0.562. The van der Waals surface area contributed by atoms with Crippen LogP contribution in [0.25, 0.3) is 0 Å². The lowest BCUT2D eigenvalue weighted by Crippen LogP contribution is -2.66. The molecule has 0 bridgehead atoms. The van der Waals surface area contributed by atoms with E-state index in [2.05, 4.69) is 0 Å². The van der Waals surface area contributed by atoms with Crippen LogP contribution in [0.15, 0.2) is 18.2 Å². The van der Waals surface area contributed by atoms with Gasteiger partial charge in [0.05, 0.1) is 6.04 Å². The summed E-state index contributed by atoms with van der Waals surface area (Å²) >= 11 is 0. The quantitative estimate of drug-likeness (QED) is 0.845. The average Bonchev–Trinajstić information content (AvgIpc) is 2.99. The molecular formula is C16H20N2O3. The molecule has 0 spiro atoms. The molecule has 5 nitrogen and oxygen atoms in total. The van der Waals surface area contributed by atoms with Crippen molar-refractivity contribution in [2.24, 2.45) is 5.73 Å². The van der Waals surface area contributed by atoms with Gasteiger partial charge in [-0.1, -0.05) is 25.3 Å². The standard InChI is InChI=1S/C16H20N2O3/c17-14-15(10-6-7-12-13(8-10)21-9-20-12)18(16(14)19)11-4-2-1-3-5-11/h6-8,11,14-15H,1-5,9,17H2/t14-,15+/m0/s1. The van der Waals surface area contributed by atoms with Crippen LogP contribution in [0.3, 0.4) is 0 Å². The van der Waals surface area contributed by atoms with Gasteiger partial charge in [0.2, 0.25) is 12.7 Å². The van der Waals surface area contributed by atoms with Gasteiger partial charge in [0.1, 0.15) is 6.04 Å². The predicted octanol–water partition coefficient (Wildman–Crippen LogP) is 1.96. The second-order valence-electron chi connectivity index (χ2n) is 6.12. The Labute approximate surface area is 124 Å². The molecule has 2 heterocycles. The number of fused-ring (bicyclic) bond motifs is 1. The van der Waals surface area contributed by atoms with Gasteiger partial charge in [-0.25, -0.2) is 0 Å². The molecule has 0 radical (unpaired) electrons. The number of nitrogens with two attached hydrogens (primary N) is 1. The van der Waals surface area contributed by atoms with E-state index in [1.165, 1.54) is 19.3 Å². The highest BCUT2D eigenvalue weighted by molar-refractivity contribution is 5.90. The molecule has 0 aromatic heterocycles. The van der Waals surface area contributed by atoms with Crippen molar-refractivity contribution in [1.82, 2.24) is 4.90 Å². The Bertz CT molecular complexity index is 569. The number of nitrogens with zero attached hydrogens (tertiary/aromatic N) is 1. The molecular weight excluding hydrogens is 268 g/mol. The molecule has 112 valence electrons. The maximum atomic E-state index is 12.2. The van der Waals surface area contributed by atoms with Crippen molar-refractivity contribution in [2.75, 3.05) is 6.79 Å². The molecule has 3 aliphatic rings. The molecule has 1 aliphatic carbocycles. The van der Waals surface area contributed by atoms with E-state index in [4.69, 9.17) is 15.2 Å². The number of carbonyl (C=O) groups is 1. The first-order valence-corrected chi connectivity index (χ1v) is 7.73. The van der Waals surface area contributed by atoms with Gasteiger partial charge in [-0.2, -0.15) is 0 Å². The molecule has 2 atom stereocenters. The van der Waals surface area contributed by atoms with Crippen molar-refractivity contribution < 1.29 is 14.3 Å². The number of hydrogen-bond donors (Lipinski definition) is 1. The van der Waals surface area contributed by atoms with Crippen molar-refractivity contribution in [3.63, 3.8) is 0 Å². The van der Waals surface area contributed by atoms with E-state index in [-0.39, 0.29) is 18.7 Å². The highest BCUT2D eigenvalue weighted by Gasteiger charge is 2.49. The normalized spacial score (nSPS) is 28.6. The first-order valence-electron chi connectivity index (χ1n) is 7.73. The molecule has 2 aliphatic heterocycles. The first-order chi connectivity index (χ1) is 10.3. The summed E-state index contributed by atoms with van der Waals surface area (Å²) in [6.45, 7) is 0.265. The summed E-state index contributed by atoms with van der Waals surface area (Å²) < 4.78 is 10.8. The van der Waals surface area contributed by atoms with Crippen molar-refractivity contribution in [2.45, 2.75) is 50.2 Å². The van der Waals surface area contributed by atoms with E-state index in [0.717, 1.165) is 29.9 Å². The SMILES string of the molecule is N[C@@H]1C(=O)N(C2CCCCC2)[C@@H]1c1ccc2c(c1)OCO2. The Morgan fingerprint density at radius 3 is 2.67 bits per heavy atom. The highest BCUT2D eigenvalue weighted by Crippen LogP contribution is 2.42. The van der Waals surface area contributed by atoms with Crippen LogP contribution >= 0.6 is 0 Å². The van der Waals surface area contributed by atoms with Crippen molar-refractivity contribution in [1.29, 1.82) is 0 Å². The Kier molecular flexibility index (Phi) is 3.03. The van der Waals surface area contributed by atoms with Crippen LogP contribution in [0.1, 0.15) is 43.7 Å². The molecule has 1 aromatic rings. The Morgan fingerprint density at radius 2 is 1.86 bits per heavy atom. The van der Waals surface area contributed by atoms with Crippen LogP contribution in [0, 0.1) is 0 Å². The lowest BCUT2D eigenvalue weighted by Gasteiger charge is -2.51. The maximum Gasteiger partial charge on any atom is 0.242 e. The number of hydrogen-bond acceptors (Lipinski definition) is 4. The van der Waals surface area contributed by atoms with Gasteiger partial charge in [-0.05, 0) is 30.5 Å². The number of amides is 1. The highest BCUT2D eigenvalue weighted by atomic mass is 16.7. The lowest BCUT2D eigenvalue weighted by molar-refractivity contribution is -0.155. The van der Waals surface area contributed by atoms with Gasteiger partial charge in [-0.3, -0.25) is 4.79 Å². The maximum absolute atomic E-state index is 12.2. The van der Waals surface area contributed by atoms with Gasteiger partial charge < -0.3 is 20.1 Å². The van der Waals surface area contributed by atoms with Crippen LogP contribution in [0.5, 0.6) is 11.5 Å². The number of rotatable bonds is 2. The summed E-state index contributed by atoms with van der Waals surface area (Å²) in [5.41, 5.74) is 7.13. The first kappa shape index (κ1) is 13.0. The Balaban J connectivity index is 1.61. The summed E-state index contributed by atoms with van der Waals surface area (Å²) in [5, 5.41) is 0. The minimum Gasteiger partial charge on any atom is -0.454 e. The fourth-order valence-corrected chi connectivity index (χ4v) is 3.77. The summed E-state index contributed by atoms with van der Waals surface area (Å²) in [4.78, 5) is 14.2. The molecule has 2 N–H and O–H groups in total. The topological polar surface area (TPSA) is 64.8 Å².